The molecule has 1 saturated carbocycles. The number of aromatic nitrogens is 2. The topological polar surface area (TPSA) is 105 Å². The summed E-state index contributed by atoms with van der Waals surface area (Å²) in [6.07, 6.45) is 0.960. The molecule has 36 heavy (non-hydrogen) atoms. The molecule has 12 heteroatoms. The van der Waals surface area contributed by atoms with Gasteiger partial charge in [-0.3, -0.25) is 9.69 Å². The maximum atomic E-state index is 13.2. The Morgan fingerprint density at radius 3 is 2.56 bits per heavy atom. The van der Waals surface area contributed by atoms with Crippen LogP contribution in [0.1, 0.15) is 48.1 Å². The first kappa shape index (κ1) is 26.4. The summed E-state index contributed by atoms with van der Waals surface area (Å²) in [5.41, 5.74) is 6.68. The Bertz CT molecular complexity index is 1070. The maximum Gasteiger partial charge on any atom is 0.416 e. The van der Waals surface area contributed by atoms with E-state index in [-0.39, 0.29) is 29.6 Å². The molecule has 2 fully saturated rings. The second-order valence-corrected chi connectivity index (χ2v) is 9.60. The van der Waals surface area contributed by atoms with E-state index in [0.717, 1.165) is 57.7 Å². The van der Waals surface area contributed by atoms with Crippen LogP contribution >= 0.6 is 11.6 Å². The number of alkyl halides is 3. The normalized spacial score (nSPS) is 17.9. The number of benzene rings is 1. The summed E-state index contributed by atoms with van der Waals surface area (Å²) in [4.78, 5) is 22.3. The molecule has 8 nitrogen and oxygen atoms in total. The molecular formula is C24H30ClF3N6O2. The molecule has 0 radical (unpaired) electrons. The van der Waals surface area contributed by atoms with Crippen LogP contribution in [-0.4, -0.2) is 53.1 Å². The fraction of sp³-hybridized carbons (Fsp3) is 0.542. The van der Waals surface area contributed by atoms with Gasteiger partial charge in [-0.1, -0.05) is 0 Å². The Morgan fingerprint density at radius 2 is 1.92 bits per heavy atom. The third-order valence-electron chi connectivity index (χ3n) is 7.02. The number of nitrogen functional groups attached to an aromatic ring is 1. The lowest BCUT2D eigenvalue weighted by atomic mass is 9.71. The van der Waals surface area contributed by atoms with Gasteiger partial charge in [0.1, 0.15) is 5.82 Å². The van der Waals surface area contributed by atoms with E-state index >= 15 is 0 Å². The predicted molar refractivity (Wildman–Crippen MR) is 130 cm³/mol. The Hall–Kier alpha value is -2.63. The van der Waals surface area contributed by atoms with E-state index in [9.17, 15) is 18.0 Å². The van der Waals surface area contributed by atoms with Gasteiger partial charge in [-0.2, -0.15) is 13.2 Å². The van der Waals surface area contributed by atoms with Crippen LogP contribution in [0.3, 0.4) is 0 Å². The van der Waals surface area contributed by atoms with E-state index in [0.29, 0.717) is 35.5 Å². The summed E-state index contributed by atoms with van der Waals surface area (Å²) < 4.78 is 45.1. The van der Waals surface area contributed by atoms with Crippen molar-refractivity contribution in [2.45, 2.75) is 56.9 Å². The number of ether oxygens (including phenoxy) is 1. The number of nitrogens with one attached hydrogen (secondary N) is 2. The number of carbonyl (C=O) groups is 1. The van der Waals surface area contributed by atoms with Crippen molar-refractivity contribution in [2.24, 2.45) is 0 Å². The van der Waals surface area contributed by atoms with Gasteiger partial charge in [0.05, 0.1) is 24.5 Å². The number of amides is 1. The highest BCUT2D eigenvalue weighted by atomic mass is 35.5. The molecule has 1 aliphatic carbocycles. The molecule has 2 heterocycles. The number of hydrogen-bond acceptors (Lipinski definition) is 7. The first-order chi connectivity index (χ1) is 17.2. The van der Waals surface area contributed by atoms with Crippen molar-refractivity contribution in [2.75, 3.05) is 37.4 Å². The molecule has 2 aliphatic rings. The van der Waals surface area contributed by atoms with Crippen LogP contribution in [0.4, 0.5) is 24.7 Å². The highest BCUT2D eigenvalue weighted by Crippen LogP contribution is 2.42. The van der Waals surface area contributed by atoms with E-state index in [1.54, 1.807) is 0 Å². The van der Waals surface area contributed by atoms with Crippen molar-refractivity contribution in [3.8, 4) is 0 Å². The summed E-state index contributed by atoms with van der Waals surface area (Å²) in [6, 6.07) is 3.41. The van der Waals surface area contributed by atoms with Gasteiger partial charge in [-0.15, -0.1) is 0 Å². The summed E-state index contributed by atoms with van der Waals surface area (Å²) in [6.45, 7) is 3.45. The number of carbonyl (C=O) groups excluding carboxylic acids is 1. The number of nitrogens with zero attached hydrogens (tertiary/aromatic N) is 3. The van der Waals surface area contributed by atoms with Crippen molar-refractivity contribution >= 4 is 29.5 Å². The molecule has 0 bridgehead atoms. The fourth-order valence-corrected chi connectivity index (χ4v) is 5.24. The first-order valence-corrected chi connectivity index (χ1v) is 12.3. The molecule has 196 valence electrons. The second kappa shape index (κ2) is 11.2. The molecule has 0 atom stereocenters. The average Bonchev–Trinajstić information content (AvgIpc) is 2.81. The molecule has 1 aromatic heterocycles. The first-order valence-electron chi connectivity index (χ1n) is 12.0. The predicted octanol–water partition coefficient (Wildman–Crippen LogP) is 3.78. The SMILES string of the molecule is Nc1cc(CNc2nc(Cl)nc(CCC3(N4CCOCC4)CCC3)c2CNC=O)cc(C(F)(F)F)c1. The largest absolute Gasteiger partial charge is 0.416 e. The zero-order valence-corrected chi connectivity index (χ0v) is 20.6. The number of aryl methyl sites for hydroxylation is 1. The lowest BCUT2D eigenvalue weighted by Gasteiger charge is -2.52. The molecule has 2 aromatic rings. The third-order valence-corrected chi connectivity index (χ3v) is 7.19. The number of anilines is 2. The van der Waals surface area contributed by atoms with E-state index in [1.165, 1.54) is 12.5 Å². The highest BCUT2D eigenvalue weighted by Gasteiger charge is 2.42. The molecule has 1 amide bonds. The van der Waals surface area contributed by atoms with Gasteiger partial charge in [-0.05, 0) is 67.5 Å². The minimum absolute atomic E-state index is 0.0137. The molecule has 0 spiro atoms. The van der Waals surface area contributed by atoms with Crippen molar-refractivity contribution in [1.29, 1.82) is 0 Å². The zero-order chi connectivity index (χ0) is 25.8. The highest BCUT2D eigenvalue weighted by molar-refractivity contribution is 6.28. The summed E-state index contributed by atoms with van der Waals surface area (Å²) in [5.74, 6) is 0.365. The van der Waals surface area contributed by atoms with Gasteiger partial charge in [0.15, 0.2) is 0 Å². The fourth-order valence-electron chi connectivity index (χ4n) is 5.05. The van der Waals surface area contributed by atoms with Gasteiger partial charge < -0.3 is 21.1 Å². The third kappa shape index (κ3) is 6.19. The van der Waals surface area contributed by atoms with Crippen LogP contribution < -0.4 is 16.4 Å². The van der Waals surface area contributed by atoms with Gasteiger partial charge in [-0.25, -0.2) is 9.97 Å². The van der Waals surface area contributed by atoms with Crippen LogP contribution in [0.25, 0.3) is 0 Å². The quantitative estimate of drug-likeness (QED) is 0.246. The second-order valence-electron chi connectivity index (χ2n) is 9.26. The Morgan fingerprint density at radius 1 is 1.17 bits per heavy atom. The molecule has 1 saturated heterocycles. The monoisotopic (exact) mass is 526 g/mol. The van der Waals surface area contributed by atoms with Crippen LogP contribution in [0.5, 0.6) is 0 Å². The van der Waals surface area contributed by atoms with Crippen molar-refractivity contribution < 1.29 is 22.7 Å². The lowest BCUT2D eigenvalue weighted by molar-refractivity contribution is -0.137. The van der Waals surface area contributed by atoms with Crippen molar-refractivity contribution in [1.82, 2.24) is 20.2 Å². The van der Waals surface area contributed by atoms with E-state index in [1.807, 2.05) is 0 Å². The van der Waals surface area contributed by atoms with Gasteiger partial charge >= 0.3 is 6.18 Å². The summed E-state index contributed by atoms with van der Waals surface area (Å²) in [5, 5.41) is 5.75. The average molecular weight is 527 g/mol. The minimum Gasteiger partial charge on any atom is -0.399 e. The van der Waals surface area contributed by atoms with E-state index in [4.69, 9.17) is 22.1 Å². The smallest absolute Gasteiger partial charge is 0.399 e. The standard InChI is InChI=1S/C24H30ClF3N6O2/c25-22-32-20(2-5-23(3-1-4-23)34-6-8-36-9-7-34)19(14-30-15-35)21(33-22)31-13-16-10-17(24(26,27)28)12-18(29)11-16/h10-12,15H,1-9,13-14,29H2,(H,30,35)(H,31,32,33). The summed E-state index contributed by atoms with van der Waals surface area (Å²) >= 11 is 6.25. The Kier molecular flexibility index (Phi) is 8.21. The minimum atomic E-state index is -4.51. The molecule has 4 rings (SSSR count). The molecule has 4 N–H and O–H groups in total. The van der Waals surface area contributed by atoms with Crippen LogP contribution in [0, 0.1) is 0 Å². The number of morpholine rings is 1. The van der Waals surface area contributed by atoms with Crippen LogP contribution in [-0.2, 0) is 35.2 Å². The molecule has 1 aromatic carbocycles. The Balaban J connectivity index is 1.55. The molecule has 0 unspecified atom stereocenters. The zero-order valence-electron chi connectivity index (χ0n) is 19.8. The van der Waals surface area contributed by atoms with Gasteiger partial charge in [0.25, 0.3) is 0 Å². The van der Waals surface area contributed by atoms with Gasteiger partial charge in [0.2, 0.25) is 11.7 Å². The van der Waals surface area contributed by atoms with Crippen LogP contribution in [0.15, 0.2) is 18.2 Å². The van der Waals surface area contributed by atoms with E-state index < -0.39 is 11.7 Å². The Labute approximate surface area is 212 Å². The number of rotatable bonds is 10. The lowest BCUT2D eigenvalue weighted by Crippen LogP contribution is -2.57. The molecular weight excluding hydrogens is 497 g/mol. The summed E-state index contributed by atoms with van der Waals surface area (Å²) in [7, 11) is 0. The van der Waals surface area contributed by atoms with Gasteiger partial charge in [0, 0.05) is 43.0 Å². The van der Waals surface area contributed by atoms with E-state index in [2.05, 4.69) is 25.5 Å². The maximum absolute atomic E-state index is 13.2. The van der Waals surface area contributed by atoms with Crippen LogP contribution in [0.2, 0.25) is 5.28 Å². The van der Waals surface area contributed by atoms with Crippen molar-refractivity contribution in [3.63, 3.8) is 0 Å². The number of nitrogens with two attached hydrogens (primary N) is 1. The molecule has 1 aliphatic heterocycles. The number of hydrogen-bond donors (Lipinski definition) is 3. The van der Waals surface area contributed by atoms with Crippen molar-refractivity contribution in [3.05, 3.63) is 45.9 Å². The number of halogens is 4.